The number of nitrogens with zero attached hydrogens (tertiary/aromatic N) is 3. The highest BCUT2D eigenvalue weighted by molar-refractivity contribution is 7.13. The molecule has 162 valence electrons. The minimum absolute atomic E-state index is 0.0147. The van der Waals surface area contributed by atoms with Crippen LogP contribution in [0.25, 0.3) is 0 Å². The molecule has 30 heavy (non-hydrogen) atoms. The molecule has 2 N–H and O–H groups in total. The zero-order chi connectivity index (χ0) is 20.9. The molecule has 4 fully saturated rings. The Morgan fingerprint density at radius 3 is 2.73 bits per heavy atom. The van der Waals surface area contributed by atoms with Crippen molar-refractivity contribution in [3.8, 4) is 0 Å². The van der Waals surface area contributed by atoms with Gasteiger partial charge in [-0.3, -0.25) is 19.6 Å². The third-order valence-electron chi connectivity index (χ3n) is 7.79. The summed E-state index contributed by atoms with van der Waals surface area (Å²) in [5.41, 5.74) is -0.701. The molecule has 4 aliphatic rings. The van der Waals surface area contributed by atoms with E-state index in [1.54, 1.807) is 16.5 Å². The molecule has 8 nitrogen and oxygen atoms in total. The maximum Gasteiger partial charge on any atom is 0.248 e. The van der Waals surface area contributed by atoms with Crippen molar-refractivity contribution in [2.75, 3.05) is 18.4 Å². The molecule has 3 atom stereocenters. The van der Waals surface area contributed by atoms with Gasteiger partial charge in [-0.25, -0.2) is 10.0 Å². The normalized spacial score (nSPS) is 31.7. The molecule has 3 aliphatic carbocycles. The highest BCUT2D eigenvalue weighted by Crippen LogP contribution is 2.63. The Balaban J connectivity index is 1.38. The molecule has 1 aromatic rings. The topological polar surface area (TPSA) is 103 Å². The van der Waals surface area contributed by atoms with Crippen molar-refractivity contribution in [3.63, 3.8) is 0 Å². The van der Waals surface area contributed by atoms with Crippen molar-refractivity contribution in [2.24, 2.45) is 22.7 Å². The quantitative estimate of drug-likeness (QED) is 0.392. The van der Waals surface area contributed by atoms with E-state index in [0.29, 0.717) is 41.9 Å². The van der Waals surface area contributed by atoms with E-state index >= 15 is 0 Å². The number of amides is 3. The molecule has 0 aromatic carbocycles. The number of carbonyl (C=O) groups is 3. The number of anilines is 1. The smallest absolute Gasteiger partial charge is 0.248 e. The number of aromatic nitrogens is 1. The van der Waals surface area contributed by atoms with E-state index in [2.05, 4.69) is 10.3 Å². The van der Waals surface area contributed by atoms with Gasteiger partial charge >= 0.3 is 0 Å². The number of nitrogens with one attached hydrogen (secondary N) is 1. The van der Waals surface area contributed by atoms with E-state index in [0.717, 1.165) is 25.7 Å². The SMILES string of the molecule is O=CN(O)CC1(C(=O)N2CC3(CC3)C[C@H]2C(=O)Nc2nccs2)C[C@H]1C1CCCC1. The van der Waals surface area contributed by atoms with Crippen LogP contribution in [0.1, 0.15) is 51.4 Å². The Bertz CT molecular complexity index is 836. The Morgan fingerprint density at radius 1 is 1.33 bits per heavy atom. The lowest BCUT2D eigenvalue weighted by Crippen LogP contribution is -2.49. The average molecular weight is 433 g/mol. The summed E-state index contributed by atoms with van der Waals surface area (Å²) in [6, 6.07) is -0.519. The molecule has 0 bridgehead atoms. The average Bonchev–Trinajstić information content (AvgIpc) is 3.35. The number of thiazole rings is 1. The zero-order valence-electron chi connectivity index (χ0n) is 17.0. The fraction of sp³-hybridized carbons (Fsp3) is 0.714. The van der Waals surface area contributed by atoms with Gasteiger partial charge in [0.25, 0.3) is 0 Å². The van der Waals surface area contributed by atoms with Gasteiger partial charge in [-0.05, 0) is 42.9 Å². The van der Waals surface area contributed by atoms with Crippen LogP contribution in [-0.2, 0) is 14.4 Å². The monoisotopic (exact) mass is 432 g/mol. The van der Waals surface area contributed by atoms with Crippen LogP contribution < -0.4 is 5.32 Å². The largest absolute Gasteiger partial charge is 0.330 e. The highest BCUT2D eigenvalue weighted by atomic mass is 32.1. The van der Waals surface area contributed by atoms with E-state index in [1.165, 1.54) is 24.2 Å². The van der Waals surface area contributed by atoms with Gasteiger partial charge in [0.1, 0.15) is 6.04 Å². The molecular formula is C21H28N4O4S. The van der Waals surface area contributed by atoms with Crippen LogP contribution in [0.3, 0.4) is 0 Å². The van der Waals surface area contributed by atoms with Gasteiger partial charge in [0.15, 0.2) is 5.13 Å². The first-order valence-corrected chi connectivity index (χ1v) is 11.8. The second-order valence-corrected chi connectivity index (χ2v) is 10.6. The van der Waals surface area contributed by atoms with Gasteiger partial charge in [-0.2, -0.15) is 0 Å². The van der Waals surface area contributed by atoms with Crippen molar-refractivity contribution in [2.45, 2.75) is 57.4 Å². The first kappa shape index (κ1) is 19.9. The standard InChI is InChI=1S/C21H28N4O4S/c26-13-24(29)12-21(9-15(21)14-3-1-2-4-14)18(28)25-11-20(5-6-20)10-16(25)17(27)23-19-22-7-8-30-19/h7-8,13-16,29H,1-6,9-12H2,(H,22,23,27)/t15-,16-,21?/m0/s1. The second-order valence-electron chi connectivity index (χ2n) is 9.69. The maximum atomic E-state index is 13.9. The third-order valence-corrected chi connectivity index (χ3v) is 8.47. The second kappa shape index (κ2) is 7.30. The van der Waals surface area contributed by atoms with Gasteiger partial charge in [0.2, 0.25) is 18.2 Å². The molecule has 1 aromatic heterocycles. The van der Waals surface area contributed by atoms with E-state index < -0.39 is 11.5 Å². The first-order chi connectivity index (χ1) is 14.5. The zero-order valence-corrected chi connectivity index (χ0v) is 17.8. The molecule has 1 saturated heterocycles. The number of carbonyl (C=O) groups excluding carboxylic acids is 3. The Morgan fingerprint density at radius 2 is 2.10 bits per heavy atom. The summed E-state index contributed by atoms with van der Waals surface area (Å²) in [5, 5.41) is 15.8. The van der Waals surface area contributed by atoms with Crippen LogP contribution in [0.4, 0.5) is 5.13 Å². The molecule has 3 saturated carbocycles. The van der Waals surface area contributed by atoms with Crippen LogP contribution in [0.15, 0.2) is 11.6 Å². The predicted molar refractivity (Wildman–Crippen MR) is 110 cm³/mol. The van der Waals surface area contributed by atoms with Gasteiger partial charge in [-0.15, -0.1) is 11.3 Å². The van der Waals surface area contributed by atoms with Gasteiger partial charge in [-0.1, -0.05) is 25.7 Å². The molecule has 0 radical (unpaired) electrons. The lowest BCUT2D eigenvalue weighted by atomic mass is 9.91. The summed E-state index contributed by atoms with van der Waals surface area (Å²) < 4.78 is 0. The van der Waals surface area contributed by atoms with E-state index in [1.807, 2.05) is 0 Å². The van der Waals surface area contributed by atoms with Crippen molar-refractivity contribution in [3.05, 3.63) is 11.6 Å². The third kappa shape index (κ3) is 3.41. The van der Waals surface area contributed by atoms with Crippen LogP contribution in [0.5, 0.6) is 0 Å². The summed E-state index contributed by atoms with van der Waals surface area (Å²) in [6.45, 7) is 0.605. The molecule has 1 unspecified atom stereocenters. The highest BCUT2D eigenvalue weighted by Gasteiger charge is 2.67. The molecule has 3 amide bonds. The fourth-order valence-corrected chi connectivity index (χ4v) is 6.47. The van der Waals surface area contributed by atoms with Crippen molar-refractivity contribution >= 4 is 34.7 Å². The molecule has 1 spiro atoms. The van der Waals surface area contributed by atoms with Gasteiger partial charge < -0.3 is 10.2 Å². The van der Waals surface area contributed by atoms with Crippen LogP contribution in [0, 0.1) is 22.7 Å². The molecule has 1 aliphatic heterocycles. The van der Waals surface area contributed by atoms with Crippen molar-refractivity contribution in [1.82, 2.24) is 14.9 Å². The van der Waals surface area contributed by atoms with Crippen molar-refractivity contribution in [1.29, 1.82) is 0 Å². The van der Waals surface area contributed by atoms with E-state index in [9.17, 15) is 19.6 Å². The van der Waals surface area contributed by atoms with E-state index in [-0.39, 0.29) is 29.7 Å². The minimum Gasteiger partial charge on any atom is -0.330 e. The number of hydroxylamine groups is 2. The predicted octanol–water partition coefficient (Wildman–Crippen LogP) is 2.51. The van der Waals surface area contributed by atoms with Crippen LogP contribution in [0.2, 0.25) is 0 Å². The summed E-state index contributed by atoms with van der Waals surface area (Å²) in [5.74, 6) is 0.393. The number of likely N-dealkylation sites (tertiary alicyclic amines) is 1. The number of hydrogen-bond donors (Lipinski definition) is 2. The Labute approximate surface area is 179 Å². The summed E-state index contributed by atoms with van der Waals surface area (Å²) >= 11 is 1.36. The summed E-state index contributed by atoms with van der Waals surface area (Å²) in [7, 11) is 0. The van der Waals surface area contributed by atoms with E-state index in [4.69, 9.17) is 0 Å². The lowest BCUT2D eigenvalue weighted by molar-refractivity contribution is -0.160. The Hall–Kier alpha value is -2.00. The summed E-state index contributed by atoms with van der Waals surface area (Å²) in [6.07, 6.45) is 10.0. The fourth-order valence-electron chi connectivity index (χ4n) is 5.94. The van der Waals surface area contributed by atoms with Crippen LogP contribution >= 0.6 is 11.3 Å². The number of rotatable bonds is 7. The maximum absolute atomic E-state index is 13.9. The van der Waals surface area contributed by atoms with Gasteiger partial charge in [0.05, 0.1) is 12.0 Å². The Kier molecular flexibility index (Phi) is 4.85. The number of hydrogen-bond acceptors (Lipinski definition) is 6. The van der Waals surface area contributed by atoms with Gasteiger partial charge in [0, 0.05) is 18.1 Å². The lowest BCUT2D eigenvalue weighted by Gasteiger charge is -2.30. The molecular weight excluding hydrogens is 404 g/mol. The minimum atomic E-state index is -0.759. The molecule has 5 rings (SSSR count). The first-order valence-electron chi connectivity index (χ1n) is 10.9. The van der Waals surface area contributed by atoms with Crippen LogP contribution in [-0.4, -0.2) is 57.5 Å². The molecule has 9 heteroatoms. The molecule has 2 heterocycles. The summed E-state index contributed by atoms with van der Waals surface area (Å²) in [4.78, 5) is 43.9. The van der Waals surface area contributed by atoms with Crippen molar-refractivity contribution < 1.29 is 19.6 Å².